The Morgan fingerprint density at radius 2 is 0.873 bits per heavy atom. The molecule has 21 rings (SSSR count). The minimum Gasteiger partial charge on any atom is -0.496 e. The molecular formula is C101H106ClF2N25O5. The first kappa shape index (κ1) is 90.8. The normalized spacial score (nSPS) is 15.3. The third kappa shape index (κ3) is 17.7. The van der Waals surface area contributed by atoms with Crippen molar-refractivity contribution in [1.82, 2.24) is 98.4 Å². The molecule has 134 heavy (non-hydrogen) atoms. The van der Waals surface area contributed by atoms with Gasteiger partial charge >= 0.3 is 6.55 Å². The van der Waals surface area contributed by atoms with Crippen molar-refractivity contribution < 1.29 is 32.5 Å². The summed E-state index contributed by atoms with van der Waals surface area (Å²) in [6.07, 6.45) is 23.0. The molecule has 1 saturated carbocycles. The van der Waals surface area contributed by atoms with Gasteiger partial charge in [0, 0.05) is 227 Å². The molecule has 8 bridgehead atoms. The van der Waals surface area contributed by atoms with Gasteiger partial charge in [-0.1, -0.05) is 90.3 Å². The zero-order valence-corrected chi connectivity index (χ0v) is 77.2. The lowest BCUT2D eigenvalue weighted by Gasteiger charge is -2.23. The number of rotatable bonds is 7. The van der Waals surface area contributed by atoms with Crippen molar-refractivity contribution in [1.29, 1.82) is 5.26 Å². The van der Waals surface area contributed by atoms with E-state index in [0.29, 0.717) is 113 Å². The SMILES string of the molecule is C.CCn1nc(C#N)c2c1-c1cnc(N)c(c1)OC(C)c1cc(C)ccc1-c1nn(C)cc1C2.CCn1nc(Cl)c2c1-c1cnc(N)c(c1)OC(C)c1cc(C)cnc1-c1nn(C)cc1C2.CCn1ncc2c1-c1cnc(N)c(c1)OC(C)c1cc(C)ccc1-c1nccc(OC)c1C2.Cc1ccc2c(c1)C(C)Oc1cc(cnc1N)-c1c(cnn1CC1CC1)Cc1cn(C(F)F)nc1-2. The molecule has 686 valence electrons. The first-order valence-electron chi connectivity index (χ1n) is 44.4. The number of aryl methyl sites for hydroxylation is 9. The van der Waals surface area contributed by atoms with Gasteiger partial charge in [0.25, 0.3) is 0 Å². The van der Waals surface area contributed by atoms with Crippen molar-refractivity contribution in [3.05, 3.63) is 259 Å². The van der Waals surface area contributed by atoms with Crippen LogP contribution in [0.25, 0.3) is 90.2 Å². The van der Waals surface area contributed by atoms with Gasteiger partial charge in [-0.05, 0) is 137 Å². The van der Waals surface area contributed by atoms with Gasteiger partial charge in [0.05, 0.1) is 65.1 Å². The second-order valence-electron chi connectivity index (χ2n) is 34.4. The fourth-order valence-corrected chi connectivity index (χ4v) is 18.5. The topological polar surface area (TPSA) is 376 Å². The highest BCUT2D eigenvalue weighted by Gasteiger charge is 2.34. The summed E-state index contributed by atoms with van der Waals surface area (Å²) >= 11 is 6.64. The summed E-state index contributed by atoms with van der Waals surface area (Å²) in [7, 11) is 5.51. The van der Waals surface area contributed by atoms with Crippen LogP contribution in [0.15, 0.2) is 159 Å². The van der Waals surface area contributed by atoms with E-state index in [1.807, 2.05) is 172 Å². The van der Waals surface area contributed by atoms with Crippen LogP contribution in [0.4, 0.5) is 32.1 Å². The number of nitrogen functional groups attached to an aromatic ring is 4. The van der Waals surface area contributed by atoms with Crippen LogP contribution in [0.5, 0.6) is 28.7 Å². The second kappa shape index (κ2) is 37.3. The molecule has 4 atom stereocenters. The second-order valence-corrected chi connectivity index (χ2v) is 34.7. The number of halogens is 3. The van der Waals surface area contributed by atoms with E-state index in [-0.39, 0.29) is 25.7 Å². The molecule has 33 heteroatoms. The quantitative estimate of drug-likeness (QED) is 0.115. The summed E-state index contributed by atoms with van der Waals surface area (Å²) in [5.41, 5.74) is 54.5. The number of benzene rings is 3. The molecular weight excluding hydrogens is 1720 g/mol. The van der Waals surface area contributed by atoms with E-state index in [2.05, 4.69) is 115 Å². The van der Waals surface area contributed by atoms with E-state index >= 15 is 0 Å². The van der Waals surface area contributed by atoms with Gasteiger partial charge in [-0.2, -0.15) is 49.7 Å². The lowest BCUT2D eigenvalue weighted by molar-refractivity contribution is 0.0567. The lowest BCUT2D eigenvalue weighted by atomic mass is 9.92. The predicted octanol–water partition coefficient (Wildman–Crippen LogP) is 19.7. The average molecular weight is 1820 g/mol. The summed E-state index contributed by atoms with van der Waals surface area (Å²) in [5, 5.41) is 42.7. The number of fused-ring (bicyclic) bond motifs is 28. The lowest BCUT2D eigenvalue weighted by Crippen LogP contribution is -2.10. The van der Waals surface area contributed by atoms with Gasteiger partial charge in [0.2, 0.25) is 0 Å². The van der Waals surface area contributed by atoms with E-state index in [1.165, 1.54) is 19.0 Å². The van der Waals surface area contributed by atoms with E-state index in [9.17, 15) is 14.0 Å². The van der Waals surface area contributed by atoms with Crippen molar-refractivity contribution >= 4 is 34.9 Å². The number of hydrogen-bond donors (Lipinski definition) is 4. The maximum atomic E-state index is 13.7. The maximum absolute atomic E-state index is 13.7. The number of ether oxygens (including phenoxy) is 5. The van der Waals surface area contributed by atoms with Crippen molar-refractivity contribution in [3.8, 4) is 125 Å². The number of nitrogens with zero attached hydrogens (tertiary/aromatic N) is 21. The number of anilines is 4. The number of aromatic nitrogens is 20. The van der Waals surface area contributed by atoms with Gasteiger partial charge in [0.1, 0.15) is 41.9 Å². The molecule has 4 unspecified atom stereocenters. The Bertz CT molecular complexity index is 7230. The Morgan fingerprint density at radius 3 is 1.37 bits per heavy atom. The molecule has 0 amide bonds. The van der Waals surface area contributed by atoms with Crippen LogP contribution in [-0.2, 0) is 66.0 Å². The Hall–Kier alpha value is -15.1. The molecule has 16 aromatic rings. The third-order valence-electron chi connectivity index (χ3n) is 24.8. The fraction of sp³-hybridized carbons (Fsp3) is 0.307. The van der Waals surface area contributed by atoms with Crippen molar-refractivity contribution in [2.75, 3.05) is 30.0 Å². The average Bonchev–Trinajstić information content (AvgIpc) is 1.42. The molecule has 17 heterocycles. The van der Waals surface area contributed by atoms with Crippen LogP contribution < -0.4 is 46.6 Å². The summed E-state index contributed by atoms with van der Waals surface area (Å²) in [4.78, 5) is 27.2. The molecule has 0 saturated heterocycles. The maximum Gasteiger partial charge on any atom is 0.333 e. The van der Waals surface area contributed by atoms with E-state index in [1.54, 1.807) is 42.8 Å². The molecule has 1 fully saturated rings. The molecule has 1 aliphatic carbocycles. The summed E-state index contributed by atoms with van der Waals surface area (Å²) in [6, 6.07) is 32.5. The van der Waals surface area contributed by atoms with Crippen molar-refractivity contribution in [2.45, 2.75) is 179 Å². The smallest absolute Gasteiger partial charge is 0.333 e. The zero-order chi connectivity index (χ0) is 93.2. The number of nitriles is 1. The summed E-state index contributed by atoms with van der Waals surface area (Å²) in [5.74, 6) is 4.75. The molecule has 0 radical (unpaired) electrons. The zero-order valence-electron chi connectivity index (χ0n) is 76.4. The monoisotopic (exact) mass is 1820 g/mol. The van der Waals surface area contributed by atoms with Crippen LogP contribution >= 0.6 is 11.6 Å². The van der Waals surface area contributed by atoms with Gasteiger partial charge in [0.15, 0.2) is 57.1 Å². The highest BCUT2D eigenvalue weighted by Crippen LogP contribution is 2.47. The van der Waals surface area contributed by atoms with Crippen LogP contribution in [0.3, 0.4) is 0 Å². The fourth-order valence-electron chi connectivity index (χ4n) is 18.2. The standard InChI is InChI=1S/C26H26F2N6O.C26H27N5O2.C25H25N7O.C23H24ClN7O.CH4/c1-14-3-6-20-21(7-14)15(2)35-22-9-18(10-30-25(22)29)24-17(11-31-33(24)12-16-4-5-16)8-19-13-34(26(27)28)32-23(19)20;1-5-31-25-17(14-30-31)11-21-22(32-4)8-9-28-24(21)19-7-6-15(2)10-20(19)16(3)33-23-12-18(25)13-29-26(23)27;1-5-32-24-16-10-22(25(27)28-12-16)33-15(3)19-8-14(2)6-7-18(19)23-17(13-31(4)30-23)9-20(24)21(11-26)29-32;1-5-31-21-14-8-18(23(25)27-10-14)32-13(3)16-6-12(2)9-26-20(16)19-15(11-30(4)28-19)7-17(21)22(24)29-31;/h3,6-7,9-11,13,15-16,26H,4-5,8,12H2,1-2H3,(H2,29,30);6-10,12-14,16H,5,11H2,1-4H3,(H2,27,29);6-8,10,12-13,15H,5,9H2,1-4H3,(H2,27,28);6,8-11,13H,5,7H2,1-4H3,(H2,25,27);1H4. The molecule has 13 aromatic heterocycles. The van der Waals surface area contributed by atoms with Gasteiger partial charge in [-0.3, -0.25) is 38.1 Å². The molecule has 5 aliphatic rings. The molecule has 4 aliphatic heterocycles. The summed E-state index contributed by atoms with van der Waals surface area (Å²) < 4.78 is 70.7. The Morgan fingerprint density at radius 1 is 0.448 bits per heavy atom. The number of hydrogen-bond acceptors (Lipinski definition) is 23. The van der Waals surface area contributed by atoms with Crippen LogP contribution in [0.2, 0.25) is 5.15 Å². The van der Waals surface area contributed by atoms with Crippen molar-refractivity contribution in [2.24, 2.45) is 20.0 Å². The van der Waals surface area contributed by atoms with Crippen molar-refractivity contribution in [3.63, 3.8) is 0 Å². The number of methoxy groups -OCH3 is 1. The minimum atomic E-state index is -2.74. The van der Waals surface area contributed by atoms with E-state index in [4.69, 9.17) is 78.4 Å². The predicted molar refractivity (Wildman–Crippen MR) is 512 cm³/mol. The van der Waals surface area contributed by atoms with Crippen LogP contribution in [-0.4, -0.2) is 105 Å². The van der Waals surface area contributed by atoms with E-state index < -0.39 is 12.7 Å². The molecule has 8 N–H and O–H groups in total. The van der Waals surface area contributed by atoms with Gasteiger partial charge in [-0.15, -0.1) is 0 Å². The molecule has 3 aromatic carbocycles. The van der Waals surface area contributed by atoms with Gasteiger partial charge in [-0.25, -0.2) is 24.6 Å². The Labute approximate surface area is 779 Å². The Kier molecular flexibility index (Phi) is 25.2. The first-order chi connectivity index (χ1) is 64.1. The molecule has 30 nitrogen and oxygen atoms in total. The Balaban J connectivity index is 0.000000124. The minimum absolute atomic E-state index is 0. The summed E-state index contributed by atoms with van der Waals surface area (Å²) in [6.45, 7) is 22.2. The third-order valence-corrected chi connectivity index (χ3v) is 25.1. The molecule has 0 spiro atoms. The van der Waals surface area contributed by atoms with Gasteiger partial charge < -0.3 is 46.6 Å². The largest absolute Gasteiger partial charge is 0.496 e. The number of nitrogens with two attached hydrogens (primary N) is 4. The number of pyridine rings is 6. The van der Waals surface area contributed by atoms with Crippen LogP contribution in [0, 0.1) is 44.9 Å². The number of alkyl halides is 2. The highest BCUT2D eigenvalue weighted by atomic mass is 35.5. The van der Waals surface area contributed by atoms with Crippen LogP contribution in [0.1, 0.15) is 194 Å². The first-order valence-corrected chi connectivity index (χ1v) is 44.8. The highest BCUT2D eigenvalue weighted by molar-refractivity contribution is 6.30. The van der Waals surface area contributed by atoms with E-state index in [0.717, 1.165) is 191 Å².